The van der Waals surface area contributed by atoms with Crippen molar-refractivity contribution >= 4 is 0 Å². The van der Waals surface area contributed by atoms with Gasteiger partial charge in [-0.3, -0.25) is 0 Å². The minimum absolute atomic E-state index is 0.442. The zero-order valence-corrected chi connectivity index (χ0v) is 12.2. The maximum atomic E-state index is 10.4. The highest BCUT2D eigenvalue weighted by atomic mass is 16.5. The van der Waals surface area contributed by atoms with E-state index in [9.17, 15) is 10.2 Å². The number of likely N-dealkylation sites (N-methyl/N-ethyl adjacent to an activating group) is 1. The molecule has 1 aliphatic heterocycles. The summed E-state index contributed by atoms with van der Waals surface area (Å²) in [6, 6.07) is 9.70. The Labute approximate surface area is 121 Å². The number of hydrogen-bond acceptors (Lipinski definition) is 4. The Morgan fingerprint density at radius 1 is 1.25 bits per heavy atom. The van der Waals surface area contributed by atoms with Crippen molar-refractivity contribution < 1.29 is 14.9 Å². The highest BCUT2D eigenvalue weighted by Crippen LogP contribution is 2.22. The molecule has 0 spiro atoms. The van der Waals surface area contributed by atoms with Crippen molar-refractivity contribution in [2.24, 2.45) is 0 Å². The van der Waals surface area contributed by atoms with E-state index >= 15 is 0 Å². The molecule has 4 nitrogen and oxygen atoms in total. The first-order valence-electron chi connectivity index (χ1n) is 7.31. The minimum atomic E-state index is -0.634. The summed E-state index contributed by atoms with van der Waals surface area (Å²) < 4.78 is 5.28. The van der Waals surface area contributed by atoms with E-state index in [4.69, 9.17) is 4.74 Å². The van der Waals surface area contributed by atoms with E-state index < -0.39 is 11.7 Å². The Bertz CT molecular complexity index is 390. The topological polar surface area (TPSA) is 52.9 Å². The van der Waals surface area contributed by atoms with Crippen LogP contribution in [0.2, 0.25) is 0 Å². The van der Waals surface area contributed by atoms with Crippen LogP contribution >= 0.6 is 0 Å². The molecule has 0 aromatic heterocycles. The molecule has 1 fully saturated rings. The molecule has 1 aromatic carbocycles. The molecule has 1 saturated heterocycles. The summed E-state index contributed by atoms with van der Waals surface area (Å²) in [7, 11) is 1.99. The normalized spacial score (nSPS) is 20.0. The van der Waals surface area contributed by atoms with Crippen molar-refractivity contribution in [1.29, 1.82) is 0 Å². The van der Waals surface area contributed by atoms with Gasteiger partial charge in [-0.2, -0.15) is 0 Å². The maximum Gasteiger partial charge on any atom is 0.0817 e. The third-order valence-electron chi connectivity index (χ3n) is 3.96. The molecule has 1 heterocycles. The minimum Gasteiger partial charge on any atom is -0.388 e. The number of ether oxygens (including phenoxy) is 1. The van der Waals surface area contributed by atoms with E-state index in [-0.39, 0.29) is 0 Å². The molecule has 1 unspecified atom stereocenters. The van der Waals surface area contributed by atoms with Gasteiger partial charge in [-0.15, -0.1) is 0 Å². The zero-order valence-electron chi connectivity index (χ0n) is 12.2. The number of rotatable bonds is 6. The summed E-state index contributed by atoms with van der Waals surface area (Å²) >= 11 is 0. The molecule has 0 radical (unpaired) electrons. The molecule has 1 atom stereocenters. The van der Waals surface area contributed by atoms with Crippen LogP contribution in [0.3, 0.4) is 0 Å². The van der Waals surface area contributed by atoms with Gasteiger partial charge in [0, 0.05) is 39.1 Å². The van der Waals surface area contributed by atoms with Crippen LogP contribution in [0, 0.1) is 0 Å². The molecule has 20 heavy (non-hydrogen) atoms. The van der Waals surface area contributed by atoms with Crippen molar-refractivity contribution in [2.45, 2.75) is 31.0 Å². The zero-order chi connectivity index (χ0) is 14.4. The number of aliphatic hydroxyl groups is 2. The van der Waals surface area contributed by atoms with Gasteiger partial charge in [-0.25, -0.2) is 0 Å². The standard InChI is InChI=1S/C16H25NO3/c1-17(13-16(19)8-11-20-12-9-16)10-7-15(18)14-5-3-2-4-6-14/h2-6,15,18-19H,7-13H2,1H3. The van der Waals surface area contributed by atoms with Crippen molar-refractivity contribution in [1.82, 2.24) is 4.90 Å². The fourth-order valence-electron chi connectivity index (χ4n) is 2.68. The molecule has 2 rings (SSSR count). The summed E-state index contributed by atoms with van der Waals surface area (Å²) in [6.45, 7) is 2.67. The van der Waals surface area contributed by atoms with Crippen LogP contribution in [-0.2, 0) is 4.74 Å². The van der Waals surface area contributed by atoms with Gasteiger partial charge < -0.3 is 19.8 Å². The predicted octanol–water partition coefficient (Wildman–Crippen LogP) is 1.58. The monoisotopic (exact) mass is 279 g/mol. The fraction of sp³-hybridized carbons (Fsp3) is 0.625. The van der Waals surface area contributed by atoms with Crippen LogP contribution < -0.4 is 0 Å². The highest BCUT2D eigenvalue weighted by molar-refractivity contribution is 5.17. The molecule has 0 aliphatic carbocycles. The first-order valence-corrected chi connectivity index (χ1v) is 7.31. The number of nitrogens with zero attached hydrogens (tertiary/aromatic N) is 1. The second-order valence-electron chi connectivity index (χ2n) is 5.79. The van der Waals surface area contributed by atoms with Crippen LogP contribution in [0.1, 0.15) is 30.9 Å². The lowest BCUT2D eigenvalue weighted by molar-refractivity contribution is -0.0776. The molecule has 4 heteroatoms. The first-order chi connectivity index (χ1) is 9.59. The van der Waals surface area contributed by atoms with E-state index in [2.05, 4.69) is 4.90 Å². The van der Waals surface area contributed by atoms with E-state index in [0.29, 0.717) is 39.0 Å². The van der Waals surface area contributed by atoms with Gasteiger partial charge in [0.05, 0.1) is 11.7 Å². The molecule has 0 amide bonds. The smallest absolute Gasteiger partial charge is 0.0817 e. The van der Waals surface area contributed by atoms with E-state index in [1.165, 1.54) is 0 Å². The summed E-state index contributed by atoms with van der Waals surface area (Å²) in [6.07, 6.45) is 1.62. The summed E-state index contributed by atoms with van der Waals surface area (Å²) in [5.41, 5.74) is 0.315. The Balaban J connectivity index is 1.76. The number of hydrogen-bond donors (Lipinski definition) is 2. The SMILES string of the molecule is CN(CCC(O)c1ccccc1)CC1(O)CCOCC1. The van der Waals surface area contributed by atoms with Crippen LogP contribution in [0.25, 0.3) is 0 Å². The van der Waals surface area contributed by atoms with Gasteiger partial charge >= 0.3 is 0 Å². The van der Waals surface area contributed by atoms with Crippen LogP contribution in [0.15, 0.2) is 30.3 Å². The van der Waals surface area contributed by atoms with Gasteiger partial charge in [0.2, 0.25) is 0 Å². The van der Waals surface area contributed by atoms with Crippen molar-refractivity contribution in [2.75, 3.05) is 33.4 Å². The molecule has 2 N–H and O–H groups in total. The molecule has 0 saturated carbocycles. The van der Waals surface area contributed by atoms with Gasteiger partial charge in [0.15, 0.2) is 0 Å². The van der Waals surface area contributed by atoms with E-state index in [1.54, 1.807) is 0 Å². The van der Waals surface area contributed by atoms with E-state index in [0.717, 1.165) is 12.1 Å². The first kappa shape index (κ1) is 15.4. The lowest BCUT2D eigenvalue weighted by atomic mass is 9.94. The van der Waals surface area contributed by atoms with Crippen molar-refractivity contribution in [3.8, 4) is 0 Å². The lowest BCUT2D eigenvalue weighted by Gasteiger charge is -2.35. The average molecular weight is 279 g/mol. The molecule has 112 valence electrons. The van der Waals surface area contributed by atoms with Gasteiger partial charge in [-0.05, 0) is 19.0 Å². The van der Waals surface area contributed by atoms with E-state index in [1.807, 2.05) is 37.4 Å². The highest BCUT2D eigenvalue weighted by Gasteiger charge is 2.30. The number of aliphatic hydroxyl groups excluding tert-OH is 1. The third-order valence-corrected chi connectivity index (χ3v) is 3.96. The fourth-order valence-corrected chi connectivity index (χ4v) is 2.68. The van der Waals surface area contributed by atoms with Crippen molar-refractivity contribution in [3.63, 3.8) is 0 Å². The lowest BCUT2D eigenvalue weighted by Crippen LogP contribution is -2.46. The largest absolute Gasteiger partial charge is 0.388 e. The summed E-state index contributed by atoms with van der Waals surface area (Å²) in [4.78, 5) is 2.09. The van der Waals surface area contributed by atoms with Crippen LogP contribution in [-0.4, -0.2) is 54.1 Å². The van der Waals surface area contributed by atoms with Gasteiger partial charge in [-0.1, -0.05) is 30.3 Å². The summed E-state index contributed by atoms with van der Waals surface area (Å²) in [5.74, 6) is 0. The van der Waals surface area contributed by atoms with Gasteiger partial charge in [0.25, 0.3) is 0 Å². The Kier molecular flexibility index (Phi) is 5.54. The number of benzene rings is 1. The molecule has 0 bridgehead atoms. The molecular formula is C16H25NO3. The predicted molar refractivity (Wildman–Crippen MR) is 78.5 cm³/mol. The Hall–Kier alpha value is -0.940. The van der Waals surface area contributed by atoms with Gasteiger partial charge in [0.1, 0.15) is 0 Å². The Morgan fingerprint density at radius 2 is 1.90 bits per heavy atom. The average Bonchev–Trinajstić information content (AvgIpc) is 2.46. The van der Waals surface area contributed by atoms with Crippen LogP contribution in [0.5, 0.6) is 0 Å². The van der Waals surface area contributed by atoms with Crippen molar-refractivity contribution in [3.05, 3.63) is 35.9 Å². The third kappa shape index (κ3) is 4.56. The molecular weight excluding hydrogens is 254 g/mol. The molecule has 1 aromatic rings. The summed E-state index contributed by atoms with van der Waals surface area (Å²) in [5, 5.41) is 20.6. The molecule has 1 aliphatic rings. The second kappa shape index (κ2) is 7.18. The maximum absolute atomic E-state index is 10.4. The quantitative estimate of drug-likeness (QED) is 0.830. The van der Waals surface area contributed by atoms with Crippen LogP contribution in [0.4, 0.5) is 0 Å². The Morgan fingerprint density at radius 3 is 2.55 bits per heavy atom. The second-order valence-corrected chi connectivity index (χ2v) is 5.79.